The minimum Gasteiger partial charge on any atom is -0.493 e. The van der Waals surface area contributed by atoms with E-state index in [0.717, 1.165) is 19.3 Å². The van der Waals surface area contributed by atoms with Crippen LogP contribution in [0.1, 0.15) is 57.6 Å². The Morgan fingerprint density at radius 3 is 2.64 bits per heavy atom. The number of carbonyl (C=O) groups is 1. The van der Waals surface area contributed by atoms with Crippen molar-refractivity contribution < 1.29 is 20.1 Å². The van der Waals surface area contributed by atoms with Crippen LogP contribution in [0.15, 0.2) is 4.79 Å². The van der Waals surface area contributed by atoms with Crippen molar-refractivity contribution in [3.05, 3.63) is 16.2 Å². The number of unbranched alkanes of at least 4 members (excludes halogenated alkanes) is 2. The van der Waals surface area contributed by atoms with Gasteiger partial charge >= 0.3 is 11.7 Å². The summed E-state index contributed by atoms with van der Waals surface area (Å²) in [7, 11) is 0. The molecule has 0 saturated heterocycles. The van der Waals surface area contributed by atoms with Gasteiger partial charge in [0.2, 0.25) is 5.88 Å². The molecule has 7 nitrogen and oxygen atoms in total. The number of imidazole rings is 1. The highest BCUT2D eigenvalue weighted by Gasteiger charge is 2.15. The van der Waals surface area contributed by atoms with Gasteiger partial charge in [0.25, 0.3) is 0 Å². The molecule has 0 fully saturated rings. The van der Waals surface area contributed by atoms with Crippen LogP contribution in [0.5, 0.6) is 5.88 Å². The van der Waals surface area contributed by atoms with Crippen LogP contribution >= 0.6 is 0 Å². The maximum absolute atomic E-state index is 11.8. The lowest BCUT2D eigenvalue weighted by Crippen LogP contribution is -2.22. The Hall–Kier alpha value is -1.76. The van der Waals surface area contributed by atoms with E-state index in [1.807, 2.05) is 0 Å². The number of hydrogen-bond donors (Lipinski definition) is 4. The van der Waals surface area contributed by atoms with Crippen molar-refractivity contribution in [2.24, 2.45) is 0 Å². The summed E-state index contributed by atoms with van der Waals surface area (Å²) in [5, 5.41) is 28.3. The zero-order valence-electron chi connectivity index (χ0n) is 13.0. The number of carboxylic acids is 1. The minimum absolute atomic E-state index is 0.0154. The molecule has 0 aliphatic carbocycles. The summed E-state index contributed by atoms with van der Waals surface area (Å²) in [5.41, 5.74) is -0.0180. The molecule has 1 atom stereocenters. The molecule has 0 bridgehead atoms. The Bertz CT molecular complexity index is 520. The second-order valence-corrected chi connectivity index (χ2v) is 5.56. The molecule has 0 aromatic carbocycles. The maximum atomic E-state index is 11.8. The second-order valence-electron chi connectivity index (χ2n) is 5.56. The molecule has 0 radical (unpaired) electrons. The highest BCUT2D eigenvalue weighted by molar-refractivity contribution is 5.66. The van der Waals surface area contributed by atoms with Crippen LogP contribution < -0.4 is 5.69 Å². The van der Waals surface area contributed by atoms with Crippen molar-refractivity contribution in [1.82, 2.24) is 9.55 Å². The molecule has 0 aliphatic heterocycles. The zero-order chi connectivity index (χ0) is 16.5. The molecule has 0 amide bonds. The predicted molar refractivity (Wildman–Crippen MR) is 82.1 cm³/mol. The number of aromatic nitrogens is 2. The second kappa shape index (κ2) is 9.30. The van der Waals surface area contributed by atoms with E-state index in [0.29, 0.717) is 37.9 Å². The van der Waals surface area contributed by atoms with Crippen LogP contribution in [0.2, 0.25) is 0 Å². The van der Waals surface area contributed by atoms with Crippen molar-refractivity contribution in [3.8, 4) is 5.88 Å². The standard InChI is InChI=1S/C15H26N2O5/c1-2-3-4-6-11(18)9-10-17-12(7-5-8-13(19)20)14(21)16-15(17)22/h11,18,21H,2-10H2,1H3,(H,16,22)(H,19,20). The summed E-state index contributed by atoms with van der Waals surface area (Å²) >= 11 is 0. The van der Waals surface area contributed by atoms with Crippen molar-refractivity contribution in [1.29, 1.82) is 0 Å². The lowest BCUT2D eigenvalue weighted by atomic mass is 10.1. The Balaban J connectivity index is 2.57. The number of aliphatic hydroxyl groups is 1. The molecule has 1 heterocycles. The van der Waals surface area contributed by atoms with E-state index in [1.54, 1.807) is 0 Å². The van der Waals surface area contributed by atoms with Crippen molar-refractivity contribution in [3.63, 3.8) is 0 Å². The third-order valence-corrected chi connectivity index (χ3v) is 3.70. The summed E-state index contributed by atoms with van der Waals surface area (Å²) in [6, 6.07) is 0. The van der Waals surface area contributed by atoms with Gasteiger partial charge in [-0.25, -0.2) is 4.79 Å². The van der Waals surface area contributed by atoms with Gasteiger partial charge in [-0.05, 0) is 25.7 Å². The van der Waals surface area contributed by atoms with Crippen LogP contribution in [0.25, 0.3) is 0 Å². The first-order chi connectivity index (χ1) is 10.5. The number of aromatic amines is 1. The molecule has 4 N–H and O–H groups in total. The molecule has 126 valence electrons. The fourth-order valence-electron chi connectivity index (χ4n) is 2.44. The summed E-state index contributed by atoms with van der Waals surface area (Å²) < 4.78 is 1.39. The van der Waals surface area contributed by atoms with E-state index >= 15 is 0 Å². The number of nitrogens with zero attached hydrogens (tertiary/aromatic N) is 1. The molecule has 0 saturated carbocycles. The first-order valence-electron chi connectivity index (χ1n) is 7.86. The normalized spacial score (nSPS) is 12.5. The first kappa shape index (κ1) is 18.3. The van der Waals surface area contributed by atoms with Gasteiger partial charge in [-0.3, -0.25) is 14.3 Å². The molecule has 7 heteroatoms. The van der Waals surface area contributed by atoms with Crippen molar-refractivity contribution >= 4 is 5.97 Å². The average Bonchev–Trinajstić information content (AvgIpc) is 2.71. The third kappa shape index (κ3) is 5.93. The van der Waals surface area contributed by atoms with Crippen molar-refractivity contribution in [2.75, 3.05) is 0 Å². The van der Waals surface area contributed by atoms with Crippen LogP contribution in [0.4, 0.5) is 0 Å². The molecular formula is C15H26N2O5. The molecule has 1 aromatic rings. The number of aliphatic hydroxyl groups excluding tert-OH is 1. The van der Waals surface area contributed by atoms with Gasteiger partial charge in [0.1, 0.15) is 0 Å². The number of H-pyrrole nitrogens is 1. The van der Waals surface area contributed by atoms with E-state index in [1.165, 1.54) is 4.57 Å². The summed E-state index contributed by atoms with van der Waals surface area (Å²) in [6.07, 6.45) is 4.42. The van der Waals surface area contributed by atoms with Crippen LogP contribution in [-0.4, -0.2) is 36.9 Å². The Morgan fingerprint density at radius 2 is 2.00 bits per heavy atom. The van der Waals surface area contributed by atoms with E-state index in [2.05, 4.69) is 11.9 Å². The summed E-state index contributed by atoms with van der Waals surface area (Å²) in [6.45, 7) is 2.41. The Labute approximate surface area is 129 Å². The fraction of sp³-hybridized carbons (Fsp3) is 0.733. The van der Waals surface area contributed by atoms with E-state index < -0.39 is 17.8 Å². The van der Waals surface area contributed by atoms with E-state index in [-0.39, 0.29) is 12.3 Å². The van der Waals surface area contributed by atoms with E-state index in [9.17, 15) is 19.8 Å². The minimum atomic E-state index is -0.907. The highest BCUT2D eigenvalue weighted by Crippen LogP contribution is 2.16. The number of carboxylic acid groups (broad SMARTS) is 1. The molecule has 0 spiro atoms. The van der Waals surface area contributed by atoms with Crippen LogP contribution in [0.3, 0.4) is 0 Å². The van der Waals surface area contributed by atoms with Gasteiger partial charge in [0.05, 0.1) is 11.8 Å². The number of aliphatic carboxylic acids is 1. The quantitative estimate of drug-likeness (QED) is 0.463. The molecule has 1 unspecified atom stereocenters. The average molecular weight is 314 g/mol. The topological polar surface area (TPSA) is 116 Å². The van der Waals surface area contributed by atoms with Crippen molar-refractivity contribution in [2.45, 2.75) is 70.9 Å². The lowest BCUT2D eigenvalue weighted by Gasteiger charge is -2.12. The highest BCUT2D eigenvalue weighted by atomic mass is 16.4. The SMILES string of the molecule is CCCCCC(O)CCn1c(CCCC(=O)O)c(O)[nH]c1=O. The molecule has 22 heavy (non-hydrogen) atoms. The predicted octanol–water partition coefficient (Wildman–Crippen LogP) is 1.62. The number of nitrogens with one attached hydrogen (secondary N) is 1. The number of hydrogen-bond acceptors (Lipinski definition) is 4. The summed E-state index contributed by atoms with van der Waals surface area (Å²) in [4.78, 5) is 24.6. The molecule has 1 aromatic heterocycles. The van der Waals surface area contributed by atoms with Gasteiger partial charge in [0.15, 0.2) is 0 Å². The fourth-order valence-corrected chi connectivity index (χ4v) is 2.44. The summed E-state index contributed by atoms with van der Waals surface area (Å²) in [5.74, 6) is -1.12. The Morgan fingerprint density at radius 1 is 1.27 bits per heavy atom. The van der Waals surface area contributed by atoms with Gasteiger partial charge in [-0.15, -0.1) is 0 Å². The number of aromatic hydroxyl groups is 1. The van der Waals surface area contributed by atoms with Gasteiger partial charge in [0, 0.05) is 13.0 Å². The van der Waals surface area contributed by atoms with Gasteiger partial charge in [-0.1, -0.05) is 26.2 Å². The maximum Gasteiger partial charge on any atom is 0.328 e. The van der Waals surface area contributed by atoms with E-state index in [4.69, 9.17) is 5.11 Å². The Kier molecular flexibility index (Phi) is 7.73. The van der Waals surface area contributed by atoms with Gasteiger partial charge in [-0.2, -0.15) is 0 Å². The molecular weight excluding hydrogens is 288 g/mol. The first-order valence-corrected chi connectivity index (χ1v) is 7.86. The smallest absolute Gasteiger partial charge is 0.328 e. The van der Waals surface area contributed by atoms with Gasteiger partial charge < -0.3 is 15.3 Å². The molecule has 0 aliphatic rings. The third-order valence-electron chi connectivity index (χ3n) is 3.70. The molecule has 1 rings (SSSR count). The zero-order valence-corrected chi connectivity index (χ0v) is 13.0. The van der Waals surface area contributed by atoms with Crippen LogP contribution in [-0.2, 0) is 17.8 Å². The van der Waals surface area contributed by atoms with Crippen LogP contribution in [0, 0.1) is 0 Å². The number of rotatable bonds is 11. The largest absolute Gasteiger partial charge is 0.493 e. The monoisotopic (exact) mass is 314 g/mol. The lowest BCUT2D eigenvalue weighted by molar-refractivity contribution is -0.137.